The van der Waals surface area contributed by atoms with Gasteiger partial charge in [-0.2, -0.15) is 5.10 Å². The average molecular weight is 391 g/mol. The predicted octanol–water partition coefficient (Wildman–Crippen LogP) is 3.00. The summed E-state index contributed by atoms with van der Waals surface area (Å²) < 4.78 is 1.84. The van der Waals surface area contributed by atoms with Gasteiger partial charge in [0.15, 0.2) is 5.65 Å². The second-order valence-corrected chi connectivity index (χ2v) is 7.80. The minimum absolute atomic E-state index is 0.0295. The summed E-state index contributed by atoms with van der Waals surface area (Å²) in [6.07, 6.45) is 2.78. The third kappa shape index (κ3) is 3.72. The maximum atomic E-state index is 13.2. The predicted molar refractivity (Wildman–Crippen MR) is 112 cm³/mol. The zero-order valence-corrected chi connectivity index (χ0v) is 16.9. The first-order chi connectivity index (χ1) is 13.9. The van der Waals surface area contributed by atoms with Crippen LogP contribution in [-0.2, 0) is 4.79 Å². The lowest BCUT2D eigenvalue weighted by Gasteiger charge is -2.23. The van der Waals surface area contributed by atoms with E-state index in [4.69, 9.17) is 4.98 Å². The van der Waals surface area contributed by atoms with Crippen molar-refractivity contribution < 1.29 is 9.59 Å². The zero-order valence-electron chi connectivity index (χ0n) is 16.9. The van der Waals surface area contributed by atoms with Crippen LogP contribution in [0.25, 0.3) is 22.3 Å². The Morgan fingerprint density at radius 2 is 2.10 bits per heavy atom. The topological polar surface area (TPSA) is 88.9 Å². The molecule has 0 spiro atoms. The summed E-state index contributed by atoms with van der Waals surface area (Å²) in [5.74, 6) is -0.140. The maximum absolute atomic E-state index is 13.2. The van der Waals surface area contributed by atoms with Gasteiger partial charge in [-0.25, -0.2) is 9.67 Å². The first-order valence-corrected chi connectivity index (χ1v) is 9.96. The number of aryl methyl sites for hydroxylation is 1. The van der Waals surface area contributed by atoms with Gasteiger partial charge in [-0.1, -0.05) is 24.3 Å². The van der Waals surface area contributed by atoms with Crippen LogP contribution in [0.4, 0.5) is 0 Å². The Labute approximate surface area is 169 Å². The fourth-order valence-corrected chi connectivity index (χ4v) is 3.70. The SMILES string of the molecule is Cc1ccccc1-c1cc(C(=O)N[C@H]2CCC(=O)NC2)c2cnn(C(C)C)c2n1. The number of pyridine rings is 1. The van der Waals surface area contributed by atoms with E-state index < -0.39 is 0 Å². The summed E-state index contributed by atoms with van der Waals surface area (Å²) in [4.78, 5) is 29.4. The Hall–Kier alpha value is -3.22. The fraction of sp³-hybridized carbons (Fsp3) is 0.364. The number of aromatic nitrogens is 3. The Kier molecular flexibility index (Phi) is 5.05. The van der Waals surface area contributed by atoms with E-state index in [1.807, 2.05) is 55.8 Å². The molecule has 1 atom stereocenters. The summed E-state index contributed by atoms with van der Waals surface area (Å²) >= 11 is 0. The van der Waals surface area contributed by atoms with Crippen LogP contribution in [0.1, 0.15) is 48.7 Å². The molecule has 7 heteroatoms. The van der Waals surface area contributed by atoms with Gasteiger partial charge in [0.1, 0.15) is 0 Å². The van der Waals surface area contributed by atoms with Gasteiger partial charge < -0.3 is 10.6 Å². The Bertz CT molecular complexity index is 1080. The Morgan fingerprint density at radius 1 is 1.31 bits per heavy atom. The first kappa shape index (κ1) is 19.1. The molecule has 1 saturated heterocycles. The van der Waals surface area contributed by atoms with E-state index in [0.717, 1.165) is 22.2 Å². The number of hydrogen-bond donors (Lipinski definition) is 2. The maximum Gasteiger partial charge on any atom is 0.252 e. The highest BCUT2D eigenvalue weighted by Gasteiger charge is 2.23. The summed E-state index contributed by atoms with van der Waals surface area (Å²) in [7, 11) is 0. The molecule has 0 unspecified atom stereocenters. The van der Waals surface area contributed by atoms with E-state index >= 15 is 0 Å². The molecule has 2 aromatic heterocycles. The molecule has 2 amide bonds. The molecule has 0 radical (unpaired) electrons. The highest BCUT2D eigenvalue weighted by atomic mass is 16.2. The lowest BCUT2D eigenvalue weighted by atomic mass is 10.0. The molecule has 0 saturated carbocycles. The molecule has 1 aliphatic rings. The van der Waals surface area contributed by atoms with E-state index in [-0.39, 0.29) is 23.9 Å². The van der Waals surface area contributed by atoms with E-state index in [1.165, 1.54) is 0 Å². The van der Waals surface area contributed by atoms with Crippen molar-refractivity contribution in [2.75, 3.05) is 6.54 Å². The van der Waals surface area contributed by atoms with Crippen molar-refractivity contribution in [3.05, 3.63) is 47.7 Å². The van der Waals surface area contributed by atoms with E-state index in [9.17, 15) is 9.59 Å². The van der Waals surface area contributed by atoms with Crippen LogP contribution in [0, 0.1) is 6.92 Å². The summed E-state index contributed by atoms with van der Waals surface area (Å²) in [6.45, 7) is 6.57. The van der Waals surface area contributed by atoms with Crippen LogP contribution >= 0.6 is 0 Å². The van der Waals surface area contributed by atoms with Crippen molar-refractivity contribution in [1.29, 1.82) is 0 Å². The second-order valence-electron chi connectivity index (χ2n) is 7.80. The largest absolute Gasteiger partial charge is 0.354 e. The molecule has 0 aliphatic carbocycles. The Balaban J connectivity index is 1.78. The number of benzene rings is 1. The van der Waals surface area contributed by atoms with Gasteiger partial charge in [-0.05, 0) is 38.8 Å². The van der Waals surface area contributed by atoms with Gasteiger partial charge >= 0.3 is 0 Å². The van der Waals surface area contributed by atoms with Crippen molar-refractivity contribution in [3.63, 3.8) is 0 Å². The molecule has 1 aliphatic heterocycles. The molecule has 1 fully saturated rings. The molecular weight excluding hydrogens is 366 g/mol. The van der Waals surface area contributed by atoms with Gasteiger partial charge in [0, 0.05) is 30.6 Å². The van der Waals surface area contributed by atoms with Crippen molar-refractivity contribution in [2.24, 2.45) is 0 Å². The van der Waals surface area contributed by atoms with Gasteiger partial charge in [0.2, 0.25) is 5.91 Å². The van der Waals surface area contributed by atoms with E-state index in [1.54, 1.807) is 6.20 Å². The van der Waals surface area contributed by atoms with Gasteiger partial charge in [0.25, 0.3) is 5.91 Å². The average Bonchev–Trinajstić information content (AvgIpc) is 3.13. The molecule has 3 aromatic rings. The van der Waals surface area contributed by atoms with Gasteiger partial charge in [-0.15, -0.1) is 0 Å². The summed E-state index contributed by atoms with van der Waals surface area (Å²) in [6, 6.07) is 9.89. The lowest BCUT2D eigenvalue weighted by molar-refractivity contribution is -0.122. The number of nitrogens with zero attached hydrogens (tertiary/aromatic N) is 3. The number of rotatable bonds is 4. The quantitative estimate of drug-likeness (QED) is 0.716. The third-order valence-electron chi connectivity index (χ3n) is 5.32. The van der Waals surface area contributed by atoms with Crippen LogP contribution in [-0.4, -0.2) is 39.2 Å². The number of hydrogen-bond acceptors (Lipinski definition) is 4. The van der Waals surface area contributed by atoms with Crippen LogP contribution in [0.15, 0.2) is 36.5 Å². The highest BCUT2D eigenvalue weighted by Crippen LogP contribution is 2.28. The van der Waals surface area contributed by atoms with Crippen LogP contribution in [0.2, 0.25) is 0 Å². The van der Waals surface area contributed by atoms with Crippen LogP contribution < -0.4 is 10.6 Å². The number of amides is 2. The molecule has 29 heavy (non-hydrogen) atoms. The lowest BCUT2D eigenvalue weighted by Crippen LogP contribution is -2.47. The standard InChI is InChI=1S/C22H25N5O2/c1-13(2)27-21-18(12-24-27)17(22(29)25-15-8-9-20(28)23-11-15)10-19(26-21)16-7-5-4-6-14(16)3/h4-7,10,12-13,15H,8-9,11H2,1-3H3,(H,23,28)(H,25,29)/t15-/m0/s1. The smallest absolute Gasteiger partial charge is 0.252 e. The Morgan fingerprint density at radius 3 is 2.79 bits per heavy atom. The molecule has 0 bridgehead atoms. The van der Waals surface area contributed by atoms with Crippen molar-refractivity contribution in [2.45, 2.75) is 45.7 Å². The molecule has 4 rings (SSSR count). The molecule has 1 aromatic carbocycles. The summed E-state index contributed by atoms with van der Waals surface area (Å²) in [5.41, 5.74) is 4.08. The normalized spacial score (nSPS) is 16.8. The number of carbonyl (C=O) groups is 2. The number of fused-ring (bicyclic) bond motifs is 1. The van der Waals surface area contributed by atoms with Crippen molar-refractivity contribution >= 4 is 22.8 Å². The highest BCUT2D eigenvalue weighted by molar-refractivity contribution is 6.06. The molecule has 2 N–H and O–H groups in total. The number of piperidine rings is 1. The third-order valence-corrected chi connectivity index (χ3v) is 5.32. The summed E-state index contributed by atoms with van der Waals surface area (Å²) in [5, 5.41) is 11.1. The van der Waals surface area contributed by atoms with Gasteiger partial charge in [-0.3, -0.25) is 9.59 Å². The van der Waals surface area contributed by atoms with E-state index in [0.29, 0.717) is 30.6 Å². The molecule has 7 nitrogen and oxygen atoms in total. The molecular formula is C22H25N5O2. The van der Waals surface area contributed by atoms with Crippen LogP contribution in [0.5, 0.6) is 0 Å². The van der Waals surface area contributed by atoms with E-state index in [2.05, 4.69) is 15.7 Å². The number of carbonyl (C=O) groups excluding carboxylic acids is 2. The second kappa shape index (κ2) is 7.66. The minimum atomic E-state index is -0.170. The van der Waals surface area contributed by atoms with Crippen molar-refractivity contribution in [1.82, 2.24) is 25.4 Å². The minimum Gasteiger partial charge on any atom is -0.354 e. The first-order valence-electron chi connectivity index (χ1n) is 9.96. The fourth-order valence-electron chi connectivity index (χ4n) is 3.70. The molecule has 150 valence electrons. The zero-order chi connectivity index (χ0) is 20.5. The van der Waals surface area contributed by atoms with Crippen LogP contribution in [0.3, 0.4) is 0 Å². The number of nitrogens with one attached hydrogen (secondary N) is 2. The monoisotopic (exact) mass is 391 g/mol. The van der Waals surface area contributed by atoms with Gasteiger partial charge in [0.05, 0.1) is 22.8 Å². The van der Waals surface area contributed by atoms with Crippen molar-refractivity contribution in [3.8, 4) is 11.3 Å². The molecule has 3 heterocycles.